The van der Waals surface area contributed by atoms with Crippen molar-refractivity contribution in [3.05, 3.63) is 0 Å². The summed E-state index contributed by atoms with van der Waals surface area (Å²) in [6.45, 7) is 8.25. The first-order valence-electron chi connectivity index (χ1n) is 6.07. The van der Waals surface area contributed by atoms with Gasteiger partial charge in [0.2, 0.25) is 0 Å². The van der Waals surface area contributed by atoms with Crippen molar-refractivity contribution in [3.8, 4) is 0 Å². The maximum atomic E-state index is 9.19. The second kappa shape index (κ2) is 8.93. The number of rotatable bonds is 10. The summed E-state index contributed by atoms with van der Waals surface area (Å²) >= 11 is 0. The third kappa shape index (κ3) is 7.17. The summed E-state index contributed by atoms with van der Waals surface area (Å²) in [6.07, 6.45) is 1.99. The number of ether oxygens (including phenoxy) is 2. The third-order valence-corrected chi connectivity index (χ3v) is 2.78. The van der Waals surface area contributed by atoms with Gasteiger partial charge < -0.3 is 19.9 Å². The molecule has 0 bridgehead atoms. The molecule has 0 radical (unpaired) electrons. The molecule has 0 aliphatic heterocycles. The quantitative estimate of drug-likeness (QED) is 0.556. The number of hydrogen-bond donors (Lipinski definition) is 2. The highest BCUT2D eigenvalue weighted by Crippen LogP contribution is 2.11. The summed E-state index contributed by atoms with van der Waals surface area (Å²) in [6, 6.07) is 0. The highest BCUT2D eigenvalue weighted by molar-refractivity contribution is 4.79. The molecule has 0 saturated heterocycles. The Morgan fingerprint density at radius 3 is 2.62 bits per heavy atom. The molecule has 0 aliphatic carbocycles. The molecule has 0 aliphatic rings. The van der Waals surface area contributed by atoms with Crippen LogP contribution in [0.4, 0.5) is 0 Å². The van der Waals surface area contributed by atoms with Crippen LogP contribution < -0.4 is 5.32 Å². The number of nitrogens with one attached hydrogen (secondary N) is 1. The van der Waals surface area contributed by atoms with E-state index in [0.29, 0.717) is 13.2 Å². The molecule has 0 aromatic heterocycles. The van der Waals surface area contributed by atoms with Crippen LogP contribution in [0.3, 0.4) is 0 Å². The standard InChI is InChI=1S/C12H27NO3/c1-5-15-9-11(2)16-8-6-7-12(3,10-14)13-4/h11,13-14H,5-10H2,1-4H3. The lowest BCUT2D eigenvalue weighted by molar-refractivity contribution is -0.00673. The molecule has 2 N–H and O–H groups in total. The number of aliphatic hydroxyl groups excluding tert-OH is 1. The summed E-state index contributed by atoms with van der Waals surface area (Å²) in [5, 5.41) is 12.3. The van der Waals surface area contributed by atoms with E-state index in [1.54, 1.807) is 0 Å². The molecule has 4 nitrogen and oxygen atoms in total. The lowest BCUT2D eigenvalue weighted by Gasteiger charge is -2.26. The minimum atomic E-state index is -0.188. The normalized spacial score (nSPS) is 17.1. The Balaban J connectivity index is 3.51. The molecule has 0 amide bonds. The zero-order chi connectivity index (χ0) is 12.4. The van der Waals surface area contributed by atoms with Crippen LogP contribution in [0.15, 0.2) is 0 Å². The first-order valence-corrected chi connectivity index (χ1v) is 6.07. The molecular formula is C12H27NO3. The van der Waals surface area contributed by atoms with Gasteiger partial charge in [0.05, 0.1) is 19.3 Å². The van der Waals surface area contributed by atoms with Crippen molar-refractivity contribution in [1.82, 2.24) is 5.32 Å². The van der Waals surface area contributed by atoms with E-state index in [-0.39, 0.29) is 18.2 Å². The van der Waals surface area contributed by atoms with Crippen molar-refractivity contribution >= 4 is 0 Å². The van der Waals surface area contributed by atoms with Gasteiger partial charge in [-0.1, -0.05) is 0 Å². The number of aliphatic hydroxyl groups is 1. The summed E-state index contributed by atoms with van der Waals surface area (Å²) in [7, 11) is 1.87. The Morgan fingerprint density at radius 1 is 1.44 bits per heavy atom. The van der Waals surface area contributed by atoms with E-state index in [1.807, 2.05) is 27.8 Å². The summed E-state index contributed by atoms with van der Waals surface area (Å²) < 4.78 is 10.9. The van der Waals surface area contributed by atoms with Crippen LogP contribution in [0.2, 0.25) is 0 Å². The van der Waals surface area contributed by atoms with Crippen molar-refractivity contribution < 1.29 is 14.6 Å². The first-order chi connectivity index (χ1) is 7.58. The fraction of sp³-hybridized carbons (Fsp3) is 1.00. The van der Waals surface area contributed by atoms with Crippen LogP contribution >= 0.6 is 0 Å². The molecule has 0 aromatic rings. The van der Waals surface area contributed by atoms with Crippen LogP contribution in [0.1, 0.15) is 33.6 Å². The van der Waals surface area contributed by atoms with E-state index in [0.717, 1.165) is 19.4 Å². The van der Waals surface area contributed by atoms with Crippen LogP contribution in [-0.4, -0.2) is 50.2 Å². The summed E-state index contributed by atoms with van der Waals surface area (Å²) in [4.78, 5) is 0. The van der Waals surface area contributed by atoms with Crippen LogP contribution in [0.25, 0.3) is 0 Å². The van der Waals surface area contributed by atoms with Gasteiger partial charge in [-0.2, -0.15) is 0 Å². The van der Waals surface area contributed by atoms with Crippen LogP contribution in [0, 0.1) is 0 Å². The Hall–Kier alpha value is -0.160. The second-order valence-corrected chi connectivity index (χ2v) is 4.41. The molecule has 0 rings (SSSR count). The van der Waals surface area contributed by atoms with Gasteiger partial charge in [-0.15, -0.1) is 0 Å². The lowest BCUT2D eigenvalue weighted by Crippen LogP contribution is -2.43. The summed E-state index contributed by atoms with van der Waals surface area (Å²) in [5.74, 6) is 0. The van der Waals surface area contributed by atoms with E-state index in [1.165, 1.54) is 0 Å². The van der Waals surface area contributed by atoms with E-state index >= 15 is 0 Å². The Bertz CT molecular complexity index is 160. The van der Waals surface area contributed by atoms with Gasteiger partial charge in [0.15, 0.2) is 0 Å². The Labute approximate surface area is 99.3 Å². The third-order valence-electron chi connectivity index (χ3n) is 2.78. The zero-order valence-electron chi connectivity index (χ0n) is 11.1. The molecule has 98 valence electrons. The Kier molecular flexibility index (Phi) is 8.84. The molecule has 0 heterocycles. The minimum absolute atomic E-state index is 0.148. The molecule has 0 aromatic carbocycles. The van der Waals surface area contributed by atoms with E-state index in [9.17, 15) is 5.11 Å². The highest BCUT2D eigenvalue weighted by atomic mass is 16.5. The molecule has 4 heteroatoms. The fourth-order valence-electron chi connectivity index (χ4n) is 1.36. The van der Waals surface area contributed by atoms with Gasteiger partial charge >= 0.3 is 0 Å². The van der Waals surface area contributed by atoms with E-state index in [2.05, 4.69) is 5.32 Å². The van der Waals surface area contributed by atoms with E-state index in [4.69, 9.17) is 9.47 Å². The molecule has 0 spiro atoms. The molecule has 2 atom stereocenters. The zero-order valence-corrected chi connectivity index (χ0v) is 11.1. The van der Waals surface area contributed by atoms with Gasteiger partial charge in [-0.3, -0.25) is 0 Å². The van der Waals surface area contributed by atoms with E-state index < -0.39 is 0 Å². The molecule has 0 fully saturated rings. The molecule has 0 saturated carbocycles. The minimum Gasteiger partial charge on any atom is -0.394 e. The van der Waals surface area contributed by atoms with Crippen molar-refractivity contribution in [1.29, 1.82) is 0 Å². The van der Waals surface area contributed by atoms with Gasteiger partial charge in [0, 0.05) is 18.8 Å². The predicted molar refractivity (Wildman–Crippen MR) is 65.7 cm³/mol. The topological polar surface area (TPSA) is 50.7 Å². The number of likely N-dealkylation sites (N-methyl/N-ethyl adjacent to an activating group) is 1. The monoisotopic (exact) mass is 233 g/mol. The second-order valence-electron chi connectivity index (χ2n) is 4.41. The maximum absolute atomic E-state index is 9.19. The van der Waals surface area contributed by atoms with Crippen molar-refractivity contribution in [2.75, 3.05) is 33.5 Å². The number of hydrogen-bond acceptors (Lipinski definition) is 4. The van der Waals surface area contributed by atoms with Crippen molar-refractivity contribution in [2.45, 2.75) is 45.3 Å². The lowest BCUT2D eigenvalue weighted by atomic mass is 9.97. The smallest absolute Gasteiger partial charge is 0.0780 e. The van der Waals surface area contributed by atoms with Crippen LogP contribution in [-0.2, 0) is 9.47 Å². The molecular weight excluding hydrogens is 206 g/mol. The maximum Gasteiger partial charge on any atom is 0.0780 e. The molecule has 16 heavy (non-hydrogen) atoms. The van der Waals surface area contributed by atoms with Crippen LogP contribution in [0.5, 0.6) is 0 Å². The highest BCUT2D eigenvalue weighted by Gasteiger charge is 2.19. The molecule has 2 unspecified atom stereocenters. The average Bonchev–Trinajstić information content (AvgIpc) is 2.31. The van der Waals surface area contributed by atoms with Crippen molar-refractivity contribution in [2.24, 2.45) is 0 Å². The van der Waals surface area contributed by atoms with Crippen molar-refractivity contribution in [3.63, 3.8) is 0 Å². The largest absolute Gasteiger partial charge is 0.394 e. The summed E-state index contributed by atoms with van der Waals surface area (Å²) in [5.41, 5.74) is -0.188. The first kappa shape index (κ1) is 15.8. The average molecular weight is 233 g/mol. The van der Waals surface area contributed by atoms with Gasteiger partial charge in [-0.05, 0) is 40.7 Å². The van der Waals surface area contributed by atoms with Gasteiger partial charge in [0.1, 0.15) is 0 Å². The SMILES string of the molecule is CCOCC(C)OCCCC(C)(CO)NC. The van der Waals surface area contributed by atoms with Gasteiger partial charge in [0.25, 0.3) is 0 Å². The fourth-order valence-corrected chi connectivity index (χ4v) is 1.36. The Morgan fingerprint density at radius 2 is 2.12 bits per heavy atom. The predicted octanol–water partition coefficient (Wildman–Crippen LogP) is 1.18. The van der Waals surface area contributed by atoms with Gasteiger partial charge in [-0.25, -0.2) is 0 Å².